The van der Waals surface area contributed by atoms with Crippen molar-refractivity contribution in [3.05, 3.63) is 24.4 Å². The predicted octanol–water partition coefficient (Wildman–Crippen LogP) is 1.85. The summed E-state index contributed by atoms with van der Waals surface area (Å²) in [5.74, 6) is 0.572. The Hall–Kier alpha value is -1.11. The molecule has 0 spiro atoms. The highest BCUT2D eigenvalue weighted by Gasteiger charge is 2.28. The topological polar surface area (TPSA) is 48.5 Å². The summed E-state index contributed by atoms with van der Waals surface area (Å²) in [6, 6.07) is 6.79. The highest BCUT2D eigenvalue weighted by Crippen LogP contribution is 2.21. The number of nitrogens with zero attached hydrogens (tertiary/aromatic N) is 3. The minimum atomic E-state index is 0.126. The Morgan fingerprint density at radius 1 is 1.29 bits per heavy atom. The number of likely N-dealkylation sites (tertiary alicyclic amines) is 2. The van der Waals surface area contributed by atoms with E-state index in [1.807, 2.05) is 18.2 Å². The minimum Gasteiger partial charge on any atom is -0.351 e. The number of pyridine rings is 1. The van der Waals surface area contributed by atoms with Gasteiger partial charge in [0, 0.05) is 24.8 Å². The van der Waals surface area contributed by atoms with Crippen molar-refractivity contribution in [2.24, 2.45) is 0 Å². The Morgan fingerprint density at radius 2 is 2.12 bits per heavy atom. The summed E-state index contributed by atoms with van der Waals surface area (Å²) in [5, 5.41) is 4.13. The van der Waals surface area contributed by atoms with Crippen LogP contribution in [0.5, 0.6) is 0 Å². The van der Waals surface area contributed by atoms with E-state index in [1.54, 1.807) is 6.20 Å². The molecule has 1 atom stereocenters. The van der Waals surface area contributed by atoms with E-state index in [9.17, 15) is 4.79 Å². The van der Waals surface area contributed by atoms with E-state index < -0.39 is 0 Å². The zero-order valence-electron chi connectivity index (χ0n) is 14.5. The van der Waals surface area contributed by atoms with Gasteiger partial charge in [0.15, 0.2) is 0 Å². The van der Waals surface area contributed by atoms with Crippen molar-refractivity contribution in [2.45, 2.75) is 42.8 Å². The second kappa shape index (κ2) is 8.83. The standard InChI is InChI=1S/C18H28N4OS/c1-21-11-7-16(8-12-21)22-10-4-5-15(13-22)20-17(23)14-24-18-6-2-3-9-19-18/h2-3,6,9,15-16H,4-5,7-8,10-14H2,1H3,(H,20,23). The second-order valence-corrected chi connectivity index (χ2v) is 7.89. The summed E-state index contributed by atoms with van der Waals surface area (Å²) < 4.78 is 0. The van der Waals surface area contributed by atoms with Crippen LogP contribution < -0.4 is 5.32 Å². The summed E-state index contributed by atoms with van der Waals surface area (Å²) >= 11 is 1.50. The third kappa shape index (κ3) is 5.19. The van der Waals surface area contributed by atoms with Gasteiger partial charge >= 0.3 is 0 Å². The molecule has 1 N–H and O–H groups in total. The maximum absolute atomic E-state index is 12.2. The van der Waals surface area contributed by atoms with E-state index in [0.717, 1.165) is 18.0 Å². The van der Waals surface area contributed by atoms with Gasteiger partial charge < -0.3 is 10.2 Å². The summed E-state index contributed by atoms with van der Waals surface area (Å²) in [6.45, 7) is 4.58. The molecule has 0 radical (unpaired) electrons. The largest absolute Gasteiger partial charge is 0.351 e. The fourth-order valence-electron chi connectivity index (χ4n) is 3.66. The van der Waals surface area contributed by atoms with Crippen LogP contribution in [0.3, 0.4) is 0 Å². The molecule has 1 aromatic heterocycles. The zero-order chi connectivity index (χ0) is 16.8. The first-order valence-electron chi connectivity index (χ1n) is 8.96. The number of rotatable bonds is 5. The van der Waals surface area contributed by atoms with Crippen LogP contribution in [0.1, 0.15) is 25.7 Å². The molecule has 2 saturated heterocycles. The molecule has 1 amide bonds. The molecular weight excluding hydrogens is 320 g/mol. The number of amides is 1. The lowest BCUT2D eigenvalue weighted by Gasteiger charge is -2.41. The first-order chi connectivity index (χ1) is 11.7. The zero-order valence-corrected chi connectivity index (χ0v) is 15.3. The van der Waals surface area contributed by atoms with Crippen LogP contribution in [0.15, 0.2) is 29.4 Å². The minimum absolute atomic E-state index is 0.126. The number of carbonyl (C=O) groups is 1. The average molecular weight is 349 g/mol. The molecule has 0 bridgehead atoms. The van der Waals surface area contributed by atoms with Crippen molar-refractivity contribution in [1.82, 2.24) is 20.1 Å². The van der Waals surface area contributed by atoms with Gasteiger partial charge in [-0.15, -0.1) is 0 Å². The van der Waals surface area contributed by atoms with Crippen LogP contribution >= 0.6 is 11.8 Å². The number of nitrogens with one attached hydrogen (secondary N) is 1. The molecule has 0 aliphatic carbocycles. The number of thioether (sulfide) groups is 1. The first kappa shape index (κ1) is 17.7. The fraction of sp³-hybridized carbons (Fsp3) is 0.667. The van der Waals surface area contributed by atoms with E-state index in [0.29, 0.717) is 17.8 Å². The maximum Gasteiger partial charge on any atom is 0.230 e. The lowest BCUT2D eigenvalue weighted by atomic mass is 9.98. The quantitative estimate of drug-likeness (QED) is 0.823. The molecule has 1 aromatic rings. The molecule has 3 rings (SSSR count). The van der Waals surface area contributed by atoms with E-state index >= 15 is 0 Å². The van der Waals surface area contributed by atoms with Crippen LogP contribution in [0.2, 0.25) is 0 Å². The van der Waals surface area contributed by atoms with E-state index in [-0.39, 0.29) is 5.91 Å². The predicted molar refractivity (Wildman–Crippen MR) is 98.2 cm³/mol. The van der Waals surface area contributed by atoms with E-state index in [2.05, 4.69) is 27.1 Å². The van der Waals surface area contributed by atoms with Crippen molar-refractivity contribution in [3.8, 4) is 0 Å². The molecule has 2 aliphatic rings. The van der Waals surface area contributed by atoms with Gasteiger partial charge in [-0.25, -0.2) is 4.98 Å². The third-order valence-electron chi connectivity index (χ3n) is 5.01. The van der Waals surface area contributed by atoms with Crippen molar-refractivity contribution in [1.29, 1.82) is 0 Å². The number of carbonyl (C=O) groups excluding carboxylic acids is 1. The van der Waals surface area contributed by atoms with Crippen LogP contribution in [-0.4, -0.2) is 71.8 Å². The SMILES string of the molecule is CN1CCC(N2CCCC(NC(=O)CSc3ccccn3)C2)CC1. The number of hydrogen-bond donors (Lipinski definition) is 1. The summed E-state index contributed by atoms with van der Waals surface area (Å²) in [4.78, 5) is 21.5. The average Bonchev–Trinajstić information content (AvgIpc) is 2.62. The number of aromatic nitrogens is 1. The molecule has 132 valence electrons. The van der Waals surface area contributed by atoms with Gasteiger partial charge in [-0.1, -0.05) is 17.8 Å². The normalized spacial score (nSPS) is 24.0. The van der Waals surface area contributed by atoms with Gasteiger partial charge in [0.25, 0.3) is 0 Å². The van der Waals surface area contributed by atoms with Gasteiger partial charge in [-0.2, -0.15) is 0 Å². The third-order valence-corrected chi connectivity index (χ3v) is 5.96. The summed E-state index contributed by atoms with van der Waals surface area (Å²) in [7, 11) is 2.20. The van der Waals surface area contributed by atoms with Crippen molar-refractivity contribution >= 4 is 17.7 Å². The highest BCUT2D eigenvalue weighted by molar-refractivity contribution is 7.99. The Morgan fingerprint density at radius 3 is 2.88 bits per heavy atom. The van der Waals surface area contributed by atoms with Gasteiger partial charge in [0.2, 0.25) is 5.91 Å². The van der Waals surface area contributed by atoms with Crippen molar-refractivity contribution in [2.75, 3.05) is 39.0 Å². The summed E-state index contributed by atoms with van der Waals surface area (Å²) in [5.41, 5.74) is 0. The van der Waals surface area contributed by atoms with Crippen LogP contribution in [-0.2, 0) is 4.79 Å². The summed E-state index contributed by atoms with van der Waals surface area (Å²) in [6.07, 6.45) is 6.56. The smallest absolute Gasteiger partial charge is 0.230 e. The molecule has 0 aromatic carbocycles. The molecule has 1 unspecified atom stereocenters. The van der Waals surface area contributed by atoms with Gasteiger partial charge in [-0.3, -0.25) is 9.69 Å². The van der Waals surface area contributed by atoms with E-state index in [4.69, 9.17) is 0 Å². The molecule has 5 nitrogen and oxygen atoms in total. The first-order valence-corrected chi connectivity index (χ1v) is 9.95. The van der Waals surface area contributed by atoms with Crippen molar-refractivity contribution in [3.63, 3.8) is 0 Å². The molecule has 6 heteroatoms. The molecular formula is C18H28N4OS. The molecule has 24 heavy (non-hydrogen) atoms. The molecule has 0 saturated carbocycles. The Bertz CT molecular complexity index is 519. The Labute approximate surface area is 149 Å². The Balaban J connectivity index is 1.42. The number of hydrogen-bond acceptors (Lipinski definition) is 5. The highest BCUT2D eigenvalue weighted by atomic mass is 32.2. The van der Waals surface area contributed by atoms with Gasteiger partial charge in [-0.05, 0) is 64.5 Å². The lowest BCUT2D eigenvalue weighted by Crippen LogP contribution is -2.53. The monoisotopic (exact) mass is 348 g/mol. The van der Waals surface area contributed by atoms with Crippen LogP contribution in [0.25, 0.3) is 0 Å². The van der Waals surface area contributed by atoms with E-state index in [1.165, 1.54) is 50.7 Å². The lowest BCUT2D eigenvalue weighted by molar-refractivity contribution is -0.119. The fourth-order valence-corrected chi connectivity index (χ4v) is 4.33. The van der Waals surface area contributed by atoms with Crippen LogP contribution in [0, 0.1) is 0 Å². The molecule has 2 fully saturated rings. The molecule has 2 aliphatic heterocycles. The number of piperidine rings is 2. The maximum atomic E-state index is 12.2. The Kier molecular flexibility index (Phi) is 6.51. The van der Waals surface area contributed by atoms with Gasteiger partial charge in [0.05, 0.1) is 10.8 Å². The molecule has 3 heterocycles. The second-order valence-electron chi connectivity index (χ2n) is 6.89. The van der Waals surface area contributed by atoms with Gasteiger partial charge in [0.1, 0.15) is 0 Å². The van der Waals surface area contributed by atoms with Crippen molar-refractivity contribution < 1.29 is 4.79 Å². The van der Waals surface area contributed by atoms with Crippen LogP contribution in [0.4, 0.5) is 0 Å².